The number of phenols is 1. The smallest absolute Gasteiger partial charge is 0.234 e. The Balaban J connectivity index is 1.40. The van der Waals surface area contributed by atoms with Gasteiger partial charge in [0.25, 0.3) is 0 Å². The molecule has 2 aromatic rings. The van der Waals surface area contributed by atoms with Gasteiger partial charge in [0.05, 0.1) is 25.5 Å². The lowest BCUT2D eigenvalue weighted by molar-refractivity contribution is -0.140. The van der Waals surface area contributed by atoms with Crippen molar-refractivity contribution in [2.45, 2.75) is 26.3 Å². The molecule has 1 fully saturated rings. The summed E-state index contributed by atoms with van der Waals surface area (Å²) in [7, 11) is 1.47. The molecule has 0 spiro atoms. The molecule has 6 rings (SSSR count). The molecule has 1 saturated heterocycles. The summed E-state index contributed by atoms with van der Waals surface area (Å²) in [5, 5.41) is 11.9. The van der Waals surface area contributed by atoms with E-state index in [0.29, 0.717) is 28.9 Å². The number of rotatable bonds is 5. The van der Waals surface area contributed by atoms with Gasteiger partial charge in [0.2, 0.25) is 11.8 Å². The number of carbonyl (C=O) groups is 4. The SMILES string of the molecule is COc1cc(C=C[C@H]2C3=CC[C@@H]4C(=O)N(Cc5cccs5)C(=O)[C@@H]4[C@@H]3CC3=C2C(=O)C=C(C)C3=O)ccc1O. The predicted octanol–water partition coefficient (Wildman–Crippen LogP) is 4.64. The molecule has 4 atom stereocenters. The van der Waals surface area contributed by atoms with Gasteiger partial charge < -0.3 is 9.84 Å². The van der Waals surface area contributed by atoms with E-state index < -0.39 is 17.8 Å². The highest BCUT2D eigenvalue weighted by Gasteiger charge is 2.55. The Morgan fingerprint density at radius 3 is 2.69 bits per heavy atom. The molecule has 1 aromatic carbocycles. The third-order valence-corrected chi connectivity index (χ3v) is 9.14. The van der Waals surface area contributed by atoms with Crippen LogP contribution in [0.5, 0.6) is 11.5 Å². The first kappa shape index (κ1) is 25.2. The summed E-state index contributed by atoms with van der Waals surface area (Å²) in [6, 6.07) is 8.76. The zero-order valence-corrected chi connectivity index (χ0v) is 22.4. The van der Waals surface area contributed by atoms with Crippen LogP contribution in [0.25, 0.3) is 6.08 Å². The summed E-state index contributed by atoms with van der Waals surface area (Å²) in [5.41, 5.74) is 2.93. The van der Waals surface area contributed by atoms with E-state index in [-0.39, 0.29) is 48.0 Å². The molecule has 8 heteroatoms. The minimum atomic E-state index is -0.565. The van der Waals surface area contributed by atoms with Gasteiger partial charge >= 0.3 is 0 Å². The van der Waals surface area contributed by atoms with E-state index in [1.54, 1.807) is 19.1 Å². The van der Waals surface area contributed by atoms with Crippen molar-refractivity contribution >= 4 is 40.8 Å². The number of nitrogens with zero attached hydrogens (tertiary/aromatic N) is 1. The number of allylic oxidation sites excluding steroid dienone is 7. The molecule has 0 bridgehead atoms. The van der Waals surface area contributed by atoms with Crippen molar-refractivity contribution in [1.29, 1.82) is 0 Å². The van der Waals surface area contributed by atoms with Crippen molar-refractivity contribution in [1.82, 2.24) is 4.90 Å². The van der Waals surface area contributed by atoms with Gasteiger partial charge in [-0.05, 0) is 60.9 Å². The van der Waals surface area contributed by atoms with Gasteiger partial charge in [-0.25, -0.2) is 0 Å². The number of fused-ring (bicyclic) bond motifs is 3. The molecule has 1 N–H and O–H groups in total. The maximum atomic E-state index is 13.7. The van der Waals surface area contributed by atoms with Crippen molar-refractivity contribution in [2.24, 2.45) is 23.7 Å². The highest BCUT2D eigenvalue weighted by Crippen LogP contribution is 2.52. The molecule has 198 valence electrons. The van der Waals surface area contributed by atoms with Crippen molar-refractivity contribution < 1.29 is 29.0 Å². The minimum absolute atomic E-state index is 0.0172. The number of aromatic hydroxyl groups is 1. The van der Waals surface area contributed by atoms with Gasteiger partial charge in [-0.3, -0.25) is 24.1 Å². The van der Waals surface area contributed by atoms with Crippen LogP contribution in [0.15, 0.2) is 76.2 Å². The summed E-state index contributed by atoms with van der Waals surface area (Å²) >= 11 is 1.51. The standard InChI is InChI=1S/C31H27NO6S/c1-16-12-25(34)27-20(7-5-17-6-10-24(33)26(13-17)38-2)19-8-9-21-28(22(19)14-23(27)29(16)35)31(37)32(30(21)36)15-18-4-3-11-39-18/h3-8,10-13,20-22,28,33H,9,14-15H2,1-2H3/t20-,21-,22+,28-/m0/s1. The maximum Gasteiger partial charge on any atom is 0.234 e. The van der Waals surface area contributed by atoms with Gasteiger partial charge in [-0.15, -0.1) is 11.3 Å². The number of ketones is 2. The highest BCUT2D eigenvalue weighted by atomic mass is 32.1. The number of ether oxygens (including phenoxy) is 1. The second kappa shape index (κ2) is 9.61. The number of carbonyl (C=O) groups excluding carboxylic acids is 4. The van der Waals surface area contributed by atoms with E-state index >= 15 is 0 Å². The molecule has 39 heavy (non-hydrogen) atoms. The second-order valence-electron chi connectivity index (χ2n) is 10.4. The van der Waals surface area contributed by atoms with Crippen molar-refractivity contribution in [2.75, 3.05) is 7.11 Å². The van der Waals surface area contributed by atoms with Crippen LogP contribution in [0.3, 0.4) is 0 Å². The Morgan fingerprint density at radius 1 is 1.13 bits per heavy atom. The average molecular weight is 542 g/mol. The van der Waals surface area contributed by atoms with Crippen LogP contribution in [-0.2, 0) is 25.7 Å². The maximum absolute atomic E-state index is 13.7. The van der Waals surface area contributed by atoms with Gasteiger partial charge in [-0.1, -0.05) is 35.9 Å². The Kier molecular flexibility index (Phi) is 6.22. The summed E-state index contributed by atoms with van der Waals surface area (Å²) in [6.07, 6.45) is 7.79. The number of phenolic OH excluding ortho intramolecular Hbond substituents is 1. The summed E-state index contributed by atoms with van der Waals surface area (Å²) in [5.74, 6) is -2.29. The third kappa shape index (κ3) is 4.10. The fourth-order valence-electron chi connectivity index (χ4n) is 6.44. The first-order chi connectivity index (χ1) is 18.8. The van der Waals surface area contributed by atoms with Gasteiger partial charge in [0.1, 0.15) is 0 Å². The molecule has 1 aromatic heterocycles. The molecular weight excluding hydrogens is 514 g/mol. The molecule has 0 unspecified atom stereocenters. The number of hydrogen-bond acceptors (Lipinski definition) is 7. The zero-order valence-electron chi connectivity index (χ0n) is 21.5. The van der Waals surface area contributed by atoms with Crippen LogP contribution in [-0.4, -0.2) is 40.5 Å². The van der Waals surface area contributed by atoms with Crippen LogP contribution in [0.1, 0.15) is 30.2 Å². The number of benzene rings is 1. The lowest BCUT2D eigenvalue weighted by atomic mass is 9.60. The van der Waals surface area contributed by atoms with Crippen molar-refractivity contribution in [3.05, 3.63) is 86.7 Å². The van der Waals surface area contributed by atoms with Crippen LogP contribution in [0.2, 0.25) is 0 Å². The first-order valence-electron chi connectivity index (χ1n) is 12.9. The molecule has 2 amide bonds. The monoisotopic (exact) mass is 541 g/mol. The molecule has 2 heterocycles. The van der Waals surface area contributed by atoms with Gasteiger partial charge in [0, 0.05) is 27.5 Å². The molecule has 3 aliphatic carbocycles. The number of methoxy groups -OCH3 is 1. The quantitative estimate of drug-likeness (QED) is 0.336. The second-order valence-corrected chi connectivity index (χ2v) is 11.4. The third-order valence-electron chi connectivity index (χ3n) is 8.28. The minimum Gasteiger partial charge on any atom is -0.504 e. The number of amides is 2. The van der Waals surface area contributed by atoms with Crippen LogP contribution in [0.4, 0.5) is 0 Å². The average Bonchev–Trinajstić information content (AvgIpc) is 3.53. The zero-order chi connectivity index (χ0) is 27.4. The number of Topliss-reactive ketones (excluding diaryl/α,β-unsaturated/α-hetero) is 1. The van der Waals surface area contributed by atoms with E-state index in [9.17, 15) is 24.3 Å². The predicted molar refractivity (Wildman–Crippen MR) is 146 cm³/mol. The Labute approximate surface area is 229 Å². The lowest BCUT2D eigenvalue weighted by Crippen LogP contribution is -2.40. The molecule has 0 saturated carbocycles. The van der Waals surface area contributed by atoms with Crippen LogP contribution >= 0.6 is 11.3 Å². The first-order valence-corrected chi connectivity index (χ1v) is 13.8. The van der Waals surface area contributed by atoms with Crippen LogP contribution < -0.4 is 4.74 Å². The number of thiophene rings is 1. The van der Waals surface area contributed by atoms with Crippen molar-refractivity contribution in [3.63, 3.8) is 0 Å². The normalized spacial score (nSPS) is 26.5. The van der Waals surface area contributed by atoms with E-state index in [2.05, 4.69) is 0 Å². The fourth-order valence-corrected chi connectivity index (χ4v) is 7.14. The van der Waals surface area contributed by atoms with Gasteiger partial charge in [-0.2, -0.15) is 0 Å². The van der Waals surface area contributed by atoms with E-state index in [0.717, 1.165) is 16.0 Å². The fraction of sp³-hybridized carbons (Fsp3) is 0.290. The largest absolute Gasteiger partial charge is 0.504 e. The highest BCUT2D eigenvalue weighted by molar-refractivity contribution is 7.09. The number of hydrogen-bond donors (Lipinski definition) is 1. The van der Waals surface area contributed by atoms with Crippen molar-refractivity contribution in [3.8, 4) is 11.5 Å². The molecule has 1 aliphatic heterocycles. The molecular formula is C31H27NO6S. The number of likely N-dealkylation sites (tertiary alicyclic amines) is 1. The molecule has 7 nitrogen and oxygen atoms in total. The summed E-state index contributed by atoms with van der Waals surface area (Å²) < 4.78 is 5.22. The number of imide groups is 1. The summed E-state index contributed by atoms with van der Waals surface area (Å²) in [4.78, 5) is 56.0. The van der Waals surface area contributed by atoms with Gasteiger partial charge in [0.15, 0.2) is 23.1 Å². The Morgan fingerprint density at radius 2 is 1.95 bits per heavy atom. The van der Waals surface area contributed by atoms with E-state index in [4.69, 9.17) is 4.74 Å². The van der Waals surface area contributed by atoms with E-state index in [1.807, 2.05) is 35.7 Å². The Bertz CT molecular complexity index is 1540. The molecule has 4 aliphatic rings. The summed E-state index contributed by atoms with van der Waals surface area (Å²) in [6.45, 7) is 1.89. The molecule has 0 radical (unpaired) electrons. The van der Waals surface area contributed by atoms with E-state index in [1.165, 1.54) is 35.5 Å². The Hall–Kier alpha value is -4.04. The lowest BCUT2D eigenvalue weighted by Gasteiger charge is -2.41. The topological polar surface area (TPSA) is 101 Å². The van der Waals surface area contributed by atoms with Crippen LogP contribution in [0, 0.1) is 23.7 Å².